The fourth-order valence-corrected chi connectivity index (χ4v) is 2.81. The Bertz CT molecular complexity index is 138. The minimum atomic E-state index is -0.552. The molecule has 0 spiro atoms. The van der Waals surface area contributed by atoms with Crippen molar-refractivity contribution < 1.29 is 4.21 Å². The quantitative estimate of drug-likeness (QED) is 0.675. The zero-order chi connectivity index (χ0) is 8.10. The Balaban J connectivity index is 2.33. The molecule has 2 nitrogen and oxygen atoms in total. The van der Waals surface area contributed by atoms with Crippen LogP contribution in [-0.2, 0) is 10.8 Å². The van der Waals surface area contributed by atoms with Crippen molar-refractivity contribution >= 4 is 10.8 Å². The standard InChI is InChI=1S/C8H17NOS/c1-2-4-8-7-11(10)6-3-5-9-8/h8-9H,2-7H2,1H3. The van der Waals surface area contributed by atoms with E-state index in [-0.39, 0.29) is 0 Å². The molecule has 0 bridgehead atoms. The van der Waals surface area contributed by atoms with Crippen LogP contribution in [0.15, 0.2) is 0 Å². The predicted octanol–water partition coefficient (Wildman–Crippen LogP) is 0.897. The molecule has 1 N–H and O–H groups in total. The SMILES string of the molecule is CCCC1CS(=O)CCCN1. The van der Waals surface area contributed by atoms with Crippen LogP contribution >= 0.6 is 0 Å². The Morgan fingerprint density at radius 3 is 3.18 bits per heavy atom. The van der Waals surface area contributed by atoms with Crippen LogP contribution in [0.2, 0.25) is 0 Å². The topological polar surface area (TPSA) is 29.1 Å². The molecule has 1 fully saturated rings. The molecule has 0 aromatic heterocycles. The summed E-state index contributed by atoms with van der Waals surface area (Å²) in [7, 11) is -0.552. The third-order valence-corrected chi connectivity index (χ3v) is 3.52. The van der Waals surface area contributed by atoms with Crippen LogP contribution in [-0.4, -0.2) is 28.3 Å². The van der Waals surface area contributed by atoms with E-state index < -0.39 is 10.8 Å². The van der Waals surface area contributed by atoms with E-state index in [2.05, 4.69) is 12.2 Å². The fraction of sp³-hybridized carbons (Fsp3) is 1.00. The minimum Gasteiger partial charge on any atom is -0.313 e. The molecule has 2 unspecified atom stereocenters. The average molecular weight is 175 g/mol. The number of hydrogen-bond acceptors (Lipinski definition) is 2. The molecule has 0 amide bonds. The van der Waals surface area contributed by atoms with Gasteiger partial charge >= 0.3 is 0 Å². The molecule has 0 aliphatic carbocycles. The molecule has 1 saturated heterocycles. The molecular weight excluding hydrogens is 158 g/mol. The highest BCUT2D eigenvalue weighted by molar-refractivity contribution is 7.85. The maximum atomic E-state index is 11.2. The third-order valence-electron chi connectivity index (χ3n) is 2.01. The monoisotopic (exact) mass is 175 g/mol. The molecule has 2 atom stereocenters. The zero-order valence-electron chi connectivity index (χ0n) is 7.14. The summed E-state index contributed by atoms with van der Waals surface area (Å²) in [5.41, 5.74) is 0. The molecule has 0 aromatic rings. The lowest BCUT2D eigenvalue weighted by molar-refractivity contribution is 0.521. The summed E-state index contributed by atoms with van der Waals surface area (Å²) in [6.45, 7) is 3.23. The van der Waals surface area contributed by atoms with E-state index in [1.807, 2.05) is 0 Å². The first kappa shape index (κ1) is 9.20. The van der Waals surface area contributed by atoms with Crippen LogP contribution in [0.3, 0.4) is 0 Å². The number of hydrogen-bond donors (Lipinski definition) is 1. The first-order valence-electron chi connectivity index (χ1n) is 4.41. The van der Waals surface area contributed by atoms with E-state index >= 15 is 0 Å². The summed E-state index contributed by atoms with van der Waals surface area (Å²) in [5.74, 6) is 1.76. The first-order valence-corrected chi connectivity index (χ1v) is 5.90. The van der Waals surface area contributed by atoms with E-state index in [4.69, 9.17) is 0 Å². The maximum absolute atomic E-state index is 11.2. The Hall–Kier alpha value is 0.110. The molecule has 1 aliphatic heterocycles. The molecule has 3 heteroatoms. The summed E-state index contributed by atoms with van der Waals surface area (Å²) >= 11 is 0. The van der Waals surface area contributed by atoms with Crippen LogP contribution in [0.4, 0.5) is 0 Å². The van der Waals surface area contributed by atoms with E-state index in [9.17, 15) is 4.21 Å². The second-order valence-corrected chi connectivity index (χ2v) is 4.73. The van der Waals surface area contributed by atoms with Gasteiger partial charge in [-0.3, -0.25) is 4.21 Å². The maximum Gasteiger partial charge on any atom is 0.0388 e. The number of rotatable bonds is 2. The molecule has 11 heavy (non-hydrogen) atoms. The van der Waals surface area contributed by atoms with E-state index in [0.717, 1.165) is 24.5 Å². The van der Waals surface area contributed by atoms with Crippen molar-refractivity contribution in [2.75, 3.05) is 18.1 Å². The average Bonchev–Trinajstić information content (AvgIpc) is 2.15. The van der Waals surface area contributed by atoms with Crippen molar-refractivity contribution in [2.24, 2.45) is 0 Å². The highest BCUT2D eigenvalue weighted by atomic mass is 32.2. The lowest BCUT2D eigenvalue weighted by Crippen LogP contribution is -2.31. The second-order valence-electron chi connectivity index (χ2n) is 3.10. The van der Waals surface area contributed by atoms with Crippen LogP contribution in [0.1, 0.15) is 26.2 Å². The summed E-state index contributed by atoms with van der Waals surface area (Å²) in [5, 5.41) is 3.42. The Labute approximate surface area is 71.2 Å². The highest BCUT2D eigenvalue weighted by Gasteiger charge is 2.14. The molecule has 1 heterocycles. The Morgan fingerprint density at radius 1 is 1.64 bits per heavy atom. The largest absolute Gasteiger partial charge is 0.313 e. The van der Waals surface area contributed by atoms with Crippen molar-refractivity contribution in [3.63, 3.8) is 0 Å². The van der Waals surface area contributed by atoms with Gasteiger partial charge in [-0.25, -0.2) is 0 Å². The van der Waals surface area contributed by atoms with Crippen molar-refractivity contribution in [2.45, 2.75) is 32.2 Å². The highest BCUT2D eigenvalue weighted by Crippen LogP contribution is 2.03. The third kappa shape index (κ3) is 3.34. The Kier molecular flexibility index (Phi) is 4.08. The van der Waals surface area contributed by atoms with Gasteiger partial charge in [0.15, 0.2) is 0 Å². The van der Waals surface area contributed by atoms with Gasteiger partial charge in [-0.05, 0) is 19.4 Å². The van der Waals surface area contributed by atoms with Gasteiger partial charge in [0.2, 0.25) is 0 Å². The molecular formula is C8H17NOS. The van der Waals surface area contributed by atoms with Crippen molar-refractivity contribution in [3.8, 4) is 0 Å². The summed E-state index contributed by atoms with van der Waals surface area (Å²) in [6, 6.07) is 0.517. The van der Waals surface area contributed by atoms with Gasteiger partial charge in [0.25, 0.3) is 0 Å². The van der Waals surface area contributed by atoms with E-state index in [1.54, 1.807) is 0 Å². The normalized spacial score (nSPS) is 33.2. The van der Waals surface area contributed by atoms with E-state index in [1.165, 1.54) is 12.8 Å². The number of nitrogens with one attached hydrogen (secondary N) is 1. The van der Waals surface area contributed by atoms with E-state index in [0.29, 0.717) is 6.04 Å². The van der Waals surface area contributed by atoms with Gasteiger partial charge in [-0.15, -0.1) is 0 Å². The van der Waals surface area contributed by atoms with Gasteiger partial charge in [0.1, 0.15) is 0 Å². The lowest BCUT2D eigenvalue weighted by Gasteiger charge is -2.12. The summed E-state index contributed by atoms with van der Waals surface area (Å²) < 4.78 is 11.2. The first-order chi connectivity index (χ1) is 5.33. The van der Waals surface area contributed by atoms with Crippen LogP contribution in [0, 0.1) is 0 Å². The smallest absolute Gasteiger partial charge is 0.0388 e. The molecule has 1 rings (SSSR count). The van der Waals surface area contributed by atoms with Gasteiger partial charge in [-0.1, -0.05) is 13.3 Å². The minimum absolute atomic E-state index is 0.517. The summed E-state index contributed by atoms with van der Waals surface area (Å²) in [6.07, 6.45) is 3.44. The lowest BCUT2D eigenvalue weighted by atomic mass is 10.2. The van der Waals surface area contributed by atoms with Crippen molar-refractivity contribution in [1.82, 2.24) is 5.32 Å². The van der Waals surface area contributed by atoms with Gasteiger partial charge in [0, 0.05) is 28.3 Å². The second kappa shape index (κ2) is 4.88. The van der Waals surface area contributed by atoms with Gasteiger partial charge in [0.05, 0.1) is 0 Å². The molecule has 0 aromatic carbocycles. The Morgan fingerprint density at radius 2 is 2.45 bits per heavy atom. The van der Waals surface area contributed by atoms with Crippen LogP contribution < -0.4 is 5.32 Å². The molecule has 0 saturated carbocycles. The fourth-order valence-electron chi connectivity index (χ4n) is 1.44. The predicted molar refractivity (Wildman–Crippen MR) is 49.2 cm³/mol. The summed E-state index contributed by atoms with van der Waals surface area (Å²) in [4.78, 5) is 0. The molecule has 0 radical (unpaired) electrons. The van der Waals surface area contributed by atoms with Gasteiger partial charge in [-0.2, -0.15) is 0 Å². The molecule has 1 aliphatic rings. The van der Waals surface area contributed by atoms with Crippen molar-refractivity contribution in [3.05, 3.63) is 0 Å². The van der Waals surface area contributed by atoms with Gasteiger partial charge < -0.3 is 5.32 Å². The molecule has 66 valence electrons. The van der Waals surface area contributed by atoms with Crippen LogP contribution in [0.25, 0.3) is 0 Å². The zero-order valence-corrected chi connectivity index (χ0v) is 7.95. The van der Waals surface area contributed by atoms with Crippen LogP contribution in [0.5, 0.6) is 0 Å². The van der Waals surface area contributed by atoms with Crippen molar-refractivity contribution in [1.29, 1.82) is 0 Å².